The fourth-order valence-corrected chi connectivity index (χ4v) is 7.31. The lowest BCUT2D eigenvalue weighted by Crippen LogP contribution is -2.36. The average molecular weight is 530 g/mol. The van der Waals surface area contributed by atoms with E-state index in [1.807, 2.05) is 25.2 Å². The van der Waals surface area contributed by atoms with Crippen LogP contribution in [-0.2, 0) is 10.0 Å². The molecule has 1 fully saturated rings. The Morgan fingerprint density at radius 3 is 2.73 bits per heavy atom. The largest absolute Gasteiger partial charge is 0.354 e. The first-order valence-electron chi connectivity index (χ1n) is 12.2. The highest BCUT2D eigenvalue weighted by atomic mass is 32.2. The number of sulfonamides is 1. The molecule has 1 unspecified atom stereocenters. The molecule has 0 saturated carbocycles. The van der Waals surface area contributed by atoms with Crippen molar-refractivity contribution in [1.29, 1.82) is 0 Å². The van der Waals surface area contributed by atoms with Crippen molar-refractivity contribution in [3.8, 4) is 11.1 Å². The number of rotatable bonds is 6. The van der Waals surface area contributed by atoms with E-state index in [1.54, 1.807) is 41.9 Å². The molecule has 2 aromatic heterocycles. The van der Waals surface area contributed by atoms with Crippen LogP contribution in [0.5, 0.6) is 0 Å². The van der Waals surface area contributed by atoms with Gasteiger partial charge in [-0.15, -0.1) is 11.3 Å². The van der Waals surface area contributed by atoms with Crippen molar-refractivity contribution < 1.29 is 8.42 Å². The van der Waals surface area contributed by atoms with E-state index in [0.717, 1.165) is 40.8 Å². The second-order valence-electron chi connectivity index (χ2n) is 9.57. The summed E-state index contributed by atoms with van der Waals surface area (Å²) in [6.07, 6.45) is 4.16. The minimum Gasteiger partial charge on any atom is -0.354 e. The maximum atomic E-state index is 13.3. The number of benzene rings is 3. The van der Waals surface area contributed by atoms with E-state index < -0.39 is 10.0 Å². The van der Waals surface area contributed by atoms with Gasteiger partial charge in [0.05, 0.1) is 16.7 Å². The van der Waals surface area contributed by atoms with Gasteiger partial charge in [0, 0.05) is 40.9 Å². The minimum absolute atomic E-state index is 0.0962. The molecule has 1 atom stereocenters. The van der Waals surface area contributed by atoms with E-state index in [1.165, 1.54) is 15.6 Å². The second-order valence-corrected chi connectivity index (χ2v) is 12.2. The van der Waals surface area contributed by atoms with Crippen LogP contribution in [0.25, 0.3) is 32.2 Å². The Balaban J connectivity index is 1.40. The Morgan fingerprint density at radius 2 is 1.89 bits per heavy atom. The lowest BCUT2D eigenvalue weighted by atomic mass is 10.0. The van der Waals surface area contributed by atoms with E-state index in [4.69, 9.17) is 0 Å². The van der Waals surface area contributed by atoms with Crippen LogP contribution in [0, 0.1) is 6.92 Å². The first-order chi connectivity index (χ1) is 17.9. The third kappa shape index (κ3) is 4.71. The monoisotopic (exact) mass is 529 g/mol. The lowest BCUT2D eigenvalue weighted by molar-refractivity contribution is 0.407. The zero-order valence-corrected chi connectivity index (χ0v) is 22.2. The fraction of sp³-hybridized carbons (Fsp3) is 0.214. The number of nitrogens with one attached hydrogen (secondary N) is 2. The molecule has 1 aliphatic rings. The van der Waals surface area contributed by atoms with Crippen LogP contribution in [0.1, 0.15) is 12.0 Å². The third-order valence-electron chi connectivity index (χ3n) is 6.82. The minimum atomic E-state index is -3.71. The van der Waals surface area contributed by atoms with Crippen LogP contribution in [-0.4, -0.2) is 49.5 Å². The molecule has 3 heterocycles. The first kappa shape index (κ1) is 24.0. The highest BCUT2D eigenvalue weighted by Crippen LogP contribution is 2.36. The number of aryl methyl sites for hydroxylation is 1. The Labute approximate surface area is 220 Å². The van der Waals surface area contributed by atoms with Crippen molar-refractivity contribution >= 4 is 53.9 Å². The van der Waals surface area contributed by atoms with Crippen LogP contribution in [0.2, 0.25) is 0 Å². The average Bonchev–Trinajstić information content (AvgIpc) is 3.47. The van der Waals surface area contributed by atoms with E-state index in [9.17, 15) is 8.42 Å². The number of para-hydroxylation sites is 1. The van der Waals surface area contributed by atoms with Crippen molar-refractivity contribution in [1.82, 2.24) is 19.6 Å². The molecule has 37 heavy (non-hydrogen) atoms. The summed E-state index contributed by atoms with van der Waals surface area (Å²) in [5, 5.41) is 6.75. The summed E-state index contributed by atoms with van der Waals surface area (Å²) in [4.78, 5) is 11.5. The summed E-state index contributed by atoms with van der Waals surface area (Å²) in [6, 6.07) is 17.3. The topological polar surface area (TPSA) is 87.2 Å². The summed E-state index contributed by atoms with van der Waals surface area (Å²) in [7, 11) is -1.71. The maximum Gasteiger partial charge on any atom is 0.242 e. The van der Waals surface area contributed by atoms with Crippen molar-refractivity contribution in [3.05, 3.63) is 77.9 Å². The Hall–Kier alpha value is -3.37. The Morgan fingerprint density at radius 1 is 1.05 bits per heavy atom. The lowest BCUT2D eigenvalue weighted by Gasteiger charge is -2.17. The van der Waals surface area contributed by atoms with Gasteiger partial charge in [0.1, 0.15) is 4.90 Å². The molecular formula is C28H27N5O2S2. The van der Waals surface area contributed by atoms with Crippen LogP contribution in [0.3, 0.4) is 0 Å². The molecule has 6 rings (SSSR count). The molecule has 188 valence electrons. The summed E-state index contributed by atoms with van der Waals surface area (Å²) >= 11 is 1.74. The smallest absolute Gasteiger partial charge is 0.242 e. The van der Waals surface area contributed by atoms with Gasteiger partial charge < -0.3 is 10.2 Å². The zero-order valence-electron chi connectivity index (χ0n) is 20.6. The van der Waals surface area contributed by atoms with E-state index in [2.05, 4.69) is 55.4 Å². The first-order valence-corrected chi connectivity index (χ1v) is 14.5. The SMILES string of the molecule is Cc1csc2ccc(-c3cc(Nc4ccccc4S(=O)(=O)NC4CCN(C)C4)cc4nccnc34)cc12. The van der Waals surface area contributed by atoms with Gasteiger partial charge in [-0.05, 0) is 85.2 Å². The summed E-state index contributed by atoms with van der Waals surface area (Å²) in [5.41, 5.74) is 6.01. The molecule has 1 aliphatic heterocycles. The molecule has 1 saturated heterocycles. The second kappa shape index (κ2) is 9.50. The summed E-state index contributed by atoms with van der Waals surface area (Å²) in [6.45, 7) is 3.70. The number of likely N-dealkylation sites (N-methyl/N-ethyl adjacent to an activating group) is 1. The number of aromatic nitrogens is 2. The molecule has 5 aromatic rings. The molecule has 3 aromatic carbocycles. The number of hydrogen-bond donors (Lipinski definition) is 2. The summed E-state index contributed by atoms with van der Waals surface area (Å²) in [5.74, 6) is 0. The Kier molecular flexibility index (Phi) is 6.16. The zero-order chi connectivity index (χ0) is 25.6. The van der Waals surface area contributed by atoms with Crippen molar-refractivity contribution in [2.24, 2.45) is 0 Å². The van der Waals surface area contributed by atoms with Crippen molar-refractivity contribution in [3.63, 3.8) is 0 Å². The number of nitrogens with zero attached hydrogens (tertiary/aromatic N) is 3. The van der Waals surface area contributed by atoms with Gasteiger partial charge in [-0.25, -0.2) is 13.1 Å². The molecular weight excluding hydrogens is 502 g/mol. The highest BCUT2D eigenvalue weighted by Gasteiger charge is 2.27. The predicted molar refractivity (Wildman–Crippen MR) is 151 cm³/mol. The molecule has 7 nitrogen and oxygen atoms in total. The summed E-state index contributed by atoms with van der Waals surface area (Å²) < 4.78 is 30.8. The van der Waals surface area contributed by atoms with Gasteiger partial charge in [0.15, 0.2) is 0 Å². The van der Waals surface area contributed by atoms with Crippen LogP contribution < -0.4 is 10.0 Å². The van der Waals surface area contributed by atoms with E-state index in [0.29, 0.717) is 12.2 Å². The molecule has 0 bridgehead atoms. The van der Waals surface area contributed by atoms with Gasteiger partial charge in [-0.2, -0.15) is 0 Å². The van der Waals surface area contributed by atoms with Gasteiger partial charge in [0.25, 0.3) is 0 Å². The van der Waals surface area contributed by atoms with Crippen molar-refractivity contribution in [2.75, 3.05) is 25.5 Å². The van der Waals surface area contributed by atoms with Gasteiger partial charge in [-0.1, -0.05) is 18.2 Å². The van der Waals surface area contributed by atoms with E-state index >= 15 is 0 Å². The third-order valence-corrected chi connectivity index (χ3v) is 9.48. The number of likely N-dealkylation sites (tertiary alicyclic amines) is 1. The molecule has 2 N–H and O–H groups in total. The standard InChI is InChI=1S/C28H27N5O2S2/c1-18-17-36-26-8-7-19(13-22(18)26)23-14-21(15-25-28(23)30-11-10-29-25)31-24-5-3-4-6-27(24)37(34,35)32-20-9-12-33(2)16-20/h3-8,10-11,13-15,17,20,31-32H,9,12,16H2,1-2H3. The molecule has 0 aliphatic carbocycles. The maximum absolute atomic E-state index is 13.3. The van der Waals surface area contributed by atoms with Gasteiger partial charge in [0.2, 0.25) is 10.0 Å². The quantitative estimate of drug-likeness (QED) is 0.300. The van der Waals surface area contributed by atoms with Crippen LogP contribution in [0.4, 0.5) is 11.4 Å². The highest BCUT2D eigenvalue weighted by molar-refractivity contribution is 7.89. The van der Waals surface area contributed by atoms with Crippen LogP contribution >= 0.6 is 11.3 Å². The van der Waals surface area contributed by atoms with E-state index in [-0.39, 0.29) is 10.9 Å². The van der Waals surface area contributed by atoms with Crippen LogP contribution in [0.15, 0.2) is 77.3 Å². The normalized spacial score (nSPS) is 16.5. The van der Waals surface area contributed by atoms with Crippen molar-refractivity contribution in [2.45, 2.75) is 24.3 Å². The van der Waals surface area contributed by atoms with Gasteiger partial charge >= 0.3 is 0 Å². The number of fused-ring (bicyclic) bond motifs is 2. The number of thiophene rings is 1. The molecule has 0 amide bonds. The number of anilines is 2. The fourth-order valence-electron chi connectivity index (χ4n) is 4.96. The molecule has 0 spiro atoms. The molecule has 0 radical (unpaired) electrons. The van der Waals surface area contributed by atoms with Gasteiger partial charge in [-0.3, -0.25) is 9.97 Å². The molecule has 9 heteroatoms. The number of hydrogen-bond acceptors (Lipinski definition) is 7. The predicted octanol–water partition coefficient (Wildman–Crippen LogP) is 5.55. The Bertz CT molecular complexity index is 1730.